The molecule has 3 heteroatoms. The van der Waals surface area contributed by atoms with Gasteiger partial charge in [-0.15, -0.1) is 0 Å². The first kappa shape index (κ1) is 10.6. The van der Waals surface area contributed by atoms with E-state index >= 15 is 0 Å². The molecule has 0 amide bonds. The molecule has 0 aromatic heterocycles. The van der Waals surface area contributed by atoms with Gasteiger partial charge in [0.1, 0.15) is 6.29 Å². The van der Waals surface area contributed by atoms with Crippen molar-refractivity contribution in [2.75, 3.05) is 6.61 Å². The monoisotopic (exact) mass is 170 g/mol. The molecule has 0 N–H and O–H groups in total. The van der Waals surface area contributed by atoms with Crippen molar-refractivity contribution in [1.82, 2.24) is 0 Å². The lowest BCUT2D eigenvalue weighted by Crippen LogP contribution is -2.04. The Kier molecular flexibility index (Phi) is 5.61. The summed E-state index contributed by atoms with van der Waals surface area (Å²) >= 11 is 0. The van der Waals surface area contributed by atoms with Crippen molar-refractivity contribution >= 4 is 12.3 Å². The Hall–Kier alpha value is -1.38. The van der Waals surface area contributed by atoms with Crippen LogP contribution in [0.25, 0.3) is 0 Å². The lowest BCUT2D eigenvalue weighted by molar-refractivity contribution is -0.138. The zero-order chi connectivity index (χ0) is 9.40. The summed E-state index contributed by atoms with van der Waals surface area (Å²) in [6, 6.07) is 0. The van der Waals surface area contributed by atoms with Crippen LogP contribution in [0.15, 0.2) is 23.8 Å². The smallest absolute Gasteiger partial charge is 0.333 e. The molecule has 0 bridgehead atoms. The van der Waals surface area contributed by atoms with Crippen LogP contribution < -0.4 is 0 Å². The van der Waals surface area contributed by atoms with Crippen molar-refractivity contribution in [3.63, 3.8) is 0 Å². The first-order chi connectivity index (χ1) is 5.72. The van der Waals surface area contributed by atoms with Gasteiger partial charge < -0.3 is 4.74 Å². The predicted molar refractivity (Wildman–Crippen MR) is 45.6 cm³/mol. The van der Waals surface area contributed by atoms with Gasteiger partial charge in [-0.1, -0.05) is 12.2 Å². The SMILES string of the molecule is CCOC(=O)/[13C](C)=[13CH]/C=C/C=O. The topological polar surface area (TPSA) is 43.4 Å². The minimum Gasteiger partial charge on any atom is -0.463 e. The Bertz CT molecular complexity index is 214. The number of hydrogen-bond donors (Lipinski definition) is 0. The van der Waals surface area contributed by atoms with E-state index in [1.807, 2.05) is 0 Å². The van der Waals surface area contributed by atoms with Crippen LogP contribution in [0, 0.1) is 0 Å². The first-order valence-electron chi connectivity index (χ1n) is 3.68. The Labute approximate surface area is 71.7 Å². The third-order valence-corrected chi connectivity index (χ3v) is 1.13. The van der Waals surface area contributed by atoms with Gasteiger partial charge in [0, 0.05) is 5.57 Å². The van der Waals surface area contributed by atoms with Crippen molar-refractivity contribution in [3.05, 3.63) is 23.8 Å². The van der Waals surface area contributed by atoms with Crippen LogP contribution in [0.3, 0.4) is 0 Å². The van der Waals surface area contributed by atoms with Crippen LogP contribution in [0.2, 0.25) is 0 Å². The fourth-order valence-corrected chi connectivity index (χ4v) is 0.558. The predicted octanol–water partition coefficient (Wildman–Crippen LogP) is 1.25. The molecule has 0 aromatic rings. The van der Waals surface area contributed by atoms with E-state index in [0.29, 0.717) is 18.5 Å². The van der Waals surface area contributed by atoms with Gasteiger partial charge in [0.25, 0.3) is 0 Å². The second-order valence-corrected chi connectivity index (χ2v) is 2.09. The Morgan fingerprint density at radius 1 is 1.42 bits per heavy atom. The highest BCUT2D eigenvalue weighted by Crippen LogP contribution is 1.96. The average molecular weight is 170 g/mol. The fraction of sp³-hybridized carbons (Fsp3) is 0.333. The van der Waals surface area contributed by atoms with Gasteiger partial charge in [-0.3, -0.25) is 4.79 Å². The maximum Gasteiger partial charge on any atom is 0.333 e. The molecular weight excluding hydrogens is 158 g/mol. The van der Waals surface area contributed by atoms with E-state index in [1.54, 1.807) is 13.8 Å². The number of hydrogen-bond acceptors (Lipinski definition) is 3. The van der Waals surface area contributed by atoms with Gasteiger partial charge in [-0.05, 0) is 19.9 Å². The summed E-state index contributed by atoms with van der Waals surface area (Å²) in [4.78, 5) is 20.8. The molecule has 0 heterocycles. The molecule has 0 radical (unpaired) electrons. The maximum absolute atomic E-state index is 10.9. The molecule has 0 rings (SSSR count). The molecule has 0 saturated carbocycles. The van der Waals surface area contributed by atoms with E-state index in [2.05, 4.69) is 0 Å². The van der Waals surface area contributed by atoms with Gasteiger partial charge in [0.15, 0.2) is 0 Å². The number of ether oxygens (including phenoxy) is 1. The molecule has 0 fully saturated rings. The highest BCUT2D eigenvalue weighted by atomic mass is 16.5. The van der Waals surface area contributed by atoms with E-state index in [-0.39, 0.29) is 5.97 Å². The third kappa shape index (κ3) is 4.44. The van der Waals surface area contributed by atoms with Gasteiger partial charge in [-0.2, -0.15) is 0 Å². The number of esters is 1. The Balaban J connectivity index is 4.07. The van der Waals surface area contributed by atoms with Crippen LogP contribution in [0.4, 0.5) is 0 Å². The normalized spacial score (nSPS) is 11.7. The number of carbonyl (C=O) groups excluding carboxylic acids is 2. The number of rotatable bonds is 4. The molecule has 0 atom stereocenters. The maximum atomic E-state index is 10.9. The lowest BCUT2D eigenvalue weighted by atomic mass is 10.6. The molecule has 0 saturated heterocycles. The van der Waals surface area contributed by atoms with Crippen molar-refractivity contribution in [2.24, 2.45) is 0 Å². The Morgan fingerprint density at radius 2 is 2.08 bits per heavy atom. The van der Waals surface area contributed by atoms with Gasteiger partial charge in [-0.25, -0.2) is 4.79 Å². The van der Waals surface area contributed by atoms with E-state index in [1.165, 1.54) is 18.2 Å². The van der Waals surface area contributed by atoms with Crippen molar-refractivity contribution in [1.29, 1.82) is 0 Å². The highest BCUT2D eigenvalue weighted by Gasteiger charge is 2.01. The summed E-state index contributed by atoms with van der Waals surface area (Å²) in [6.07, 6.45) is 4.99. The van der Waals surface area contributed by atoms with Crippen molar-refractivity contribution in [3.8, 4) is 0 Å². The molecule has 66 valence electrons. The summed E-state index contributed by atoms with van der Waals surface area (Å²) in [6.45, 7) is 3.74. The molecular formula is C9H12O3. The standard InChI is InChI=1S/C9H12O3/c1-3-12-9(11)8(2)6-4-5-7-10/h4-7H,3H2,1-2H3/b5-4+,8-6+/i6+1,8+1. The minimum atomic E-state index is -0.354. The van der Waals surface area contributed by atoms with E-state index in [4.69, 9.17) is 4.74 Å². The molecule has 12 heavy (non-hydrogen) atoms. The molecule has 0 aliphatic rings. The largest absolute Gasteiger partial charge is 0.463 e. The number of allylic oxidation sites excluding steroid dienone is 3. The van der Waals surface area contributed by atoms with Crippen LogP contribution in [-0.2, 0) is 14.3 Å². The van der Waals surface area contributed by atoms with E-state index < -0.39 is 0 Å². The molecule has 0 spiro atoms. The average Bonchev–Trinajstić information content (AvgIpc) is 2.05. The summed E-state index contributed by atoms with van der Waals surface area (Å²) in [5.74, 6) is -0.354. The summed E-state index contributed by atoms with van der Waals surface area (Å²) < 4.78 is 4.70. The summed E-state index contributed by atoms with van der Waals surface area (Å²) in [5, 5.41) is 0. The molecule has 0 aromatic carbocycles. The van der Waals surface area contributed by atoms with Crippen molar-refractivity contribution < 1.29 is 14.3 Å². The van der Waals surface area contributed by atoms with Crippen LogP contribution in [-0.4, -0.2) is 18.9 Å². The number of carbonyl (C=O) groups is 2. The van der Waals surface area contributed by atoms with Gasteiger partial charge in [0.05, 0.1) is 6.61 Å². The third-order valence-electron chi connectivity index (χ3n) is 1.13. The molecule has 0 aliphatic heterocycles. The first-order valence-corrected chi connectivity index (χ1v) is 3.68. The Morgan fingerprint density at radius 3 is 2.58 bits per heavy atom. The summed E-state index contributed by atoms with van der Waals surface area (Å²) in [7, 11) is 0. The van der Waals surface area contributed by atoms with Gasteiger partial charge >= 0.3 is 5.97 Å². The second kappa shape index (κ2) is 6.34. The minimum absolute atomic E-state index is 0.354. The molecule has 0 unspecified atom stereocenters. The van der Waals surface area contributed by atoms with Gasteiger partial charge in [0.2, 0.25) is 0 Å². The molecule has 3 nitrogen and oxygen atoms in total. The zero-order valence-corrected chi connectivity index (χ0v) is 7.24. The summed E-state index contributed by atoms with van der Waals surface area (Å²) in [5.41, 5.74) is 0.481. The fourth-order valence-electron chi connectivity index (χ4n) is 0.558. The van der Waals surface area contributed by atoms with E-state index in [9.17, 15) is 9.59 Å². The van der Waals surface area contributed by atoms with Crippen LogP contribution in [0.5, 0.6) is 0 Å². The highest BCUT2D eigenvalue weighted by molar-refractivity contribution is 5.88. The molecule has 0 aliphatic carbocycles. The van der Waals surface area contributed by atoms with E-state index in [0.717, 1.165) is 0 Å². The zero-order valence-electron chi connectivity index (χ0n) is 7.24. The lowest BCUT2D eigenvalue weighted by Gasteiger charge is -1.98. The van der Waals surface area contributed by atoms with Crippen molar-refractivity contribution in [2.45, 2.75) is 13.8 Å². The quantitative estimate of drug-likeness (QED) is 0.210. The number of aldehydes is 1. The second-order valence-electron chi connectivity index (χ2n) is 2.09. The van der Waals surface area contributed by atoms with Crippen LogP contribution in [0.1, 0.15) is 13.8 Å². The van der Waals surface area contributed by atoms with Crippen LogP contribution >= 0.6 is 0 Å².